The van der Waals surface area contributed by atoms with Crippen LogP contribution < -0.4 is 5.32 Å². The average Bonchev–Trinajstić information content (AvgIpc) is 2.90. The van der Waals surface area contributed by atoms with E-state index in [2.05, 4.69) is 10.4 Å². The van der Waals surface area contributed by atoms with E-state index in [-0.39, 0.29) is 18.9 Å². The Morgan fingerprint density at radius 1 is 1.25 bits per heavy atom. The van der Waals surface area contributed by atoms with Gasteiger partial charge in [-0.05, 0) is 11.6 Å². The van der Waals surface area contributed by atoms with Crippen molar-refractivity contribution in [1.29, 1.82) is 0 Å². The molecule has 0 unspecified atom stereocenters. The predicted molar refractivity (Wildman–Crippen MR) is 72.2 cm³/mol. The second kappa shape index (κ2) is 6.51. The lowest BCUT2D eigenvalue weighted by molar-refractivity contribution is 0.0969. The molecule has 1 amide bonds. The number of amides is 1. The van der Waals surface area contributed by atoms with Gasteiger partial charge in [0.1, 0.15) is 12.3 Å². The van der Waals surface area contributed by atoms with Gasteiger partial charge in [0.15, 0.2) is 0 Å². The Labute approximate surface area is 116 Å². The van der Waals surface area contributed by atoms with Gasteiger partial charge in [0.2, 0.25) is 5.78 Å². The van der Waals surface area contributed by atoms with E-state index in [1.165, 1.54) is 4.68 Å². The minimum atomic E-state index is -0.627. The molecule has 0 fully saturated rings. The first-order valence-corrected chi connectivity index (χ1v) is 6.12. The molecule has 2 rings (SSSR count). The molecule has 0 radical (unpaired) electrons. The summed E-state index contributed by atoms with van der Waals surface area (Å²) >= 11 is 0. The summed E-state index contributed by atoms with van der Waals surface area (Å²) in [7, 11) is 1.72. The SMILES string of the molecule is Cn1ccc(C(=O)CNC(=O)OCc2ccccc2)n1. The van der Waals surface area contributed by atoms with Crippen LogP contribution >= 0.6 is 0 Å². The second-order valence-corrected chi connectivity index (χ2v) is 4.21. The topological polar surface area (TPSA) is 73.2 Å². The van der Waals surface area contributed by atoms with E-state index < -0.39 is 6.09 Å². The van der Waals surface area contributed by atoms with Gasteiger partial charge < -0.3 is 10.1 Å². The average molecular weight is 273 g/mol. The number of hydrogen-bond acceptors (Lipinski definition) is 4. The summed E-state index contributed by atoms with van der Waals surface area (Å²) in [5.74, 6) is -0.262. The van der Waals surface area contributed by atoms with Crippen LogP contribution in [0.4, 0.5) is 4.79 Å². The molecule has 1 N–H and O–H groups in total. The Balaban J connectivity index is 1.74. The highest BCUT2D eigenvalue weighted by Gasteiger charge is 2.11. The van der Waals surface area contributed by atoms with Crippen LogP contribution in [0.3, 0.4) is 0 Å². The summed E-state index contributed by atoms with van der Waals surface area (Å²) in [5, 5.41) is 6.36. The minimum absolute atomic E-state index is 0.134. The lowest BCUT2D eigenvalue weighted by atomic mass is 10.2. The summed E-state index contributed by atoms with van der Waals surface area (Å²) in [6.07, 6.45) is 1.04. The maximum Gasteiger partial charge on any atom is 0.407 e. The third kappa shape index (κ3) is 3.94. The molecule has 0 aliphatic carbocycles. The molecular weight excluding hydrogens is 258 g/mol. The predicted octanol–water partition coefficient (Wildman–Crippen LogP) is 1.53. The quantitative estimate of drug-likeness (QED) is 0.838. The molecule has 0 spiro atoms. The normalized spacial score (nSPS) is 10.1. The smallest absolute Gasteiger partial charge is 0.407 e. The molecule has 0 saturated carbocycles. The Morgan fingerprint density at radius 2 is 2.00 bits per heavy atom. The number of aryl methyl sites for hydroxylation is 1. The molecule has 1 heterocycles. The van der Waals surface area contributed by atoms with Crippen molar-refractivity contribution in [1.82, 2.24) is 15.1 Å². The highest BCUT2D eigenvalue weighted by atomic mass is 16.5. The number of nitrogens with zero attached hydrogens (tertiary/aromatic N) is 2. The molecular formula is C14H15N3O3. The molecule has 0 aliphatic heterocycles. The van der Waals surface area contributed by atoms with Crippen molar-refractivity contribution in [3.05, 3.63) is 53.9 Å². The second-order valence-electron chi connectivity index (χ2n) is 4.21. The molecule has 0 aliphatic rings. The third-order valence-electron chi connectivity index (χ3n) is 2.61. The number of nitrogens with one attached hydrogen (secondary N) is 1. The fourth-order valence-electron chi connectivity index (χ4n) is 1.58. The van der Waals surface area contributed by atoms with E-state index in [4.69, 9.17) is 4.74 Å². The van der Waals surface area contributed by atoms with Crippen LogP contribution in [0.15, 0.2) is 42.6 Å². The molecule has 1 aromatic carbocycles. The first-order chi connectivity index (χ1) is 9.65. The van der Waals surface area contributed by atoms with Gasteiger partial charge in [0, 0.05) is 13.2 Å². The molecule has 0 saturated heterocycles. The van der Waals surface area contributed by atoms with Crippen LogP contribution in [0, 0.1) is 0 Å². The summed E-state index contributed by atoms with van der Waals surface area (Å²) < 4.78 is 6.52. The van der Waals surface area contributed by atoms with Gasteiger partial charge in [0.25, 0.3) is 0 Å². The number of carbonyl (C=O) groups is 2. The largest absolute Gasteiger partial charge is 0.445 e. The first-order valence-electron chi connectivity index (χ1n) is 6.12. The molecule has 6 nitrogen and oxygen atoms in total. The number of ketones is 1. The van der Waals surface area contributed by atoms with Gasteiger partial charge in [-0.25, -0.2) is 4.79 Å². The Morgan fingerprint density at radius 3 is 2.65 bits per heavy atom. The summed E-state index contributed by atoms with van der Waals surface area (Å²) in [5.41, 5.74) is 1.20. The van der Waals surface area contributed by atoms with Crippen LogP contribution in [-0.2, 0) is 18.4 Å². The van der Waals surface area contributed by atoms with E-state index >= 15 is 0 Å². The standard InChI is InChI=1S/C14H15N3O3/c1-17-8-7-12(16-17)13(18)9-15-14(19)20-10-11-5-3-2-4-6-11/h2-8H,9-10H2,1H3,(H,15,19). The zero-order valence-electron chi connectivity index (χ0n) is 11.1. The number of Topliss-reactive ketones (excluding diaryl/α,β-unsaturated/α-hetero) is 1. The van der Waals surface area contributed by atoms with E-state index in [0.717, 1.165) is 5.56 Å². The van der Waals surface area contributed by atoms with E-state index in [1.54, 1.807) is 19.3 Å². The van der Waals surface area contributed by atoms with Crippen LogP contribution in [0.25, 0.3) is 0 Å². The Kier molecular flexibility index (Phi) is 4.49. The number of ether oxygens (including phenoxy) is 1. The van der Waals surface area contributed by atoms with Crippen LogP contribution in [0.1, 0.15) is 16.1 Å². The maximum absolute atomic E-state index is 11.7. The number of hydrogen-bond donors (Lipinski definition) is 1. The van der Waals surface area contributed by atoms with E-state index in [0.29, 0.717) is 5.69 Å². The summed E-state index contributed by atoms with van der Waals surface area (Å²) in [6, 6.07) is 10.9. The van der Waals surface area contributed by atoms with E-state index in [1.807, 2.05) is 30.3 Å². The van der Waals surface area contributed by atoms with E-state index in [9.17, 15) is 9.59 Å². The van der Waals surface area contributed by atoms with Crippen LogP contribution in [-0.4, -0.2) is 28.2 Å². The molecule has 104 valence electrons. The van der Waals surface area contributed by atoms with Gasteiger partial charge in [-0.1, -0.05) is 30.3 Å². The molecule has 6 heteroatoms. The molecule has 1 aromatic heterocycles. The minimum Gasteiger partial charge on any atom is -0.445 e. The summed E-state index contributed by atoms with van der Waals surface area (Å²) in [6.45, 7) is 0.0368. The molecule has 20 heavy (non-hydrogen) atoms. The lowest BCUT2D eigenvalue weighted by Crippen LogP contribution is -2.30. The van der Waals surface area contributed by atoms with Crippen molar-refractivity contribution in [2.45, 2.75) is 6.61 Å². The highest BCUT2D eigenvalue weighted by molar-refractivity contribution is 5.97. The van der Waals surface area contributed by atoms with Crippen molar-refractivity contribution >= 4 is 11.9 Å². The van der Waals surface area contributed by atoms with Gasteiger partial charge in [0.05, 0.1) is 6.54 Å². The fourth-order valence-corrected chi connectivity index (χ4v) is 1.58. The van der Waals surface area contributed by atoms with Crippen molar-refractivity contribution < 1.29 is 14.3 Å². The Bertz CT molecular complexity index is 593. The van der Waals surface area contributed by atoms with Crippen molar-refractivity contribution in [3.63, 3.8) is 0 Å². The van der Waals surface area contributed by atoms with Gasteiger partial charge in [-0.2, -0.15) is 5.10 Å². The van der Waals surface area contributed by atoms with Crippen molar-refractivity contribution in [3.8, 4) is 0 Å². The van der Waals surface area contributed by atoms with Crippen LogP contribution in [0.5, 0.6) is 0 Å². The number of benzene rings is 1. The number of rotatable bonds is 5. The number of aromatic nitrogens is 2. The van der Waals surface area contributed by atoms with Crippen molar-refractivity contribution in [2.75, 3.05) is 6.54 Å². The molecule has 0 atom stereocenters. The van der Waals surface area contributed by atoms with Gasteiger partial charge in [-0.15, -0.1) is 0 Å². The molecule has 2 aromatic rings. The summed E-state index contributed by atoms with van der Waals surface area (Å²) in [4.78, 5) is 23.1. The molecule has 0 bridgehead atoms. The van der Waals surface area contributed by atoms with Gasteiger partial charge in [-0.3, -0.25) is 9.48 Å². The number of alkyl carbamates (subject to hydrolysis) is 1. The fraction of sp³-hybridized carbons (Fsp3) is 0.214. The lowest BCUT2D eigenvalue weighted by Gasteiger charge is -2.05. The number of carbonyl (C=O) groups excluding carboxylic acids is 2. The monoisotopic (exact) mass is 273 g/mol. The van der Waals surface area contributed by atoms with Crippen LogP contribution in [0.2, 0.25) is 0 Å². The van der Waals surface area contributed by atoms with Crippen molar-refractivity contribution in [2.24, 2.45) is 7.05 Å². The maximum atomic E-state index is 11.7. The highest BCUT2D eigenvalue weighted by Crippen LogP contribution is 2.00. The zero-order valence-corrected chi connectivity index (χ0v) is 11.1. The van der Waals surface area contributed by atoms with Gasteiger partial charge >= 0.3 is 6.09 Å². The first kappa shape index (κ1) is 13.8. The third-order valence-corrected chi connectivity index (χ3v) is 2.61. The Hall–Kier alpha value is -2.63. The zero-order chi connectivity index (χ0) is 14.4.